The van der Waals surface area contributed by atoms with E-state index >= 15 is 0 Å². The average Bonchev–Trinajstić information content (AvgIpc) is 3.35. The van der Waals surface area contributed by atoms with Gasteiger partial charge in [0.05, 0.1) is 12.1 Å². The molecule has 1 aromatic heterocycles. The molecule has 0 spiro atoms. The van der Waals surface area contributed by atoms with Gasteiger partial charge in [0.15, 0.2) is 5.82 Å². The number of amides is 1. The van der Waals surface area contributed by atoms with E-state index in [-0.39, 0.29) is 34.8 Å². The number of aromatic amines is 1. The third-order valence-electron chi connectivity index (χ3n) is 5.00. The molecule has 0 unspecified atom stereocenters. The molecule has 8 heteroatoms. The summed E-state index contributed by atoms with van der Waals surface area (Å²) in [4.78, 5) is 14.4. The number of benzene rings is 2. The van der Waals surface area contributed by atoms with E-state index in [1.165, 1.54) is 24.3 Å². The number of hydrogen-bond donors (Lipinski definition) is 2. The molecule has 5 nitrogen and oxygen atoms in total. The zero-order valence-electron chi connectivity index (χ0n) is 15.5. The lowest BCUT2D eigenvalue weighted by Gasteiger charge is -2.16. The maximum absolute atomic E-state index is 13.9. The highest BCUT2D eigenvalue weighted by atomic mass is 35.5. The molecule has 4 rings (SSSR count). The first-order chi connectivity index (χ1) is 14.0. The Kier molecular flexibility index (Phi) is 5.49. The van der Waals surface area contributed by atoms with Crippen molar-refractivity contribution < 1.29 is 13.6 Å². The van der Waals surface area contributed by atoms with E-state index in [1.54, 1.807) is 18.2 Å². The van der Waals surface area contributed by atoms with Crippen LogP contribution in [0.3, 0.4) is 0 Å². The summed E-state index contributed by atoms with van der Waals surface area (Å²) in [5.74, 6) is -0.273. The minimum atomic E-state index is -0.481. The highest BCUT2D eigenvalue weighted by Gasteiger charge is 2.26. The van der Waals surface area contributed by atoms with Crippen LogP contribution < -0.4 is 10.2 Å². The minimum Gasteiger partial charge on any atom is -0.353 e. The van der Waals surface area contributed by atoms with Gasteiger partial charge in [-0.15, -0.1) is 0 Å². The Balaban J connectivity index is 1.36. The molecule has 0 aliphatic carbocycles. The van der Waals surface area contributed by atoms with Gasteiger partial charge in [0.1, 0.15) is 11.6 Å². The van der Waals surface area contributed by atoms with Crippen molar-refractivity contribution in [3.05, 3.63) is 70.8 Å². The van der Waals surface area contributed by atoms with E-state index in [4.69, 9.17) is 11.6 Å². The maximum Gasteiger partial charge on any atom is 0.224 e. The number of halogens is 3. The van der Waals surface area contributed by atoms with Crippen molar-refractivity contribution in [3.8, 4) is 11.3 Å². The van der Waals surface area contributed by atoms with Gasteiger partial charge in [-0.05, 0) is 48.4 Å². The van der Waals surface area contributed by atoms with Crippen molar-refractivity contribution in [2.45, 2.75) is 18.9 Å². The van der Waals surface area contributed by atoms with E-state index < -0.39 is 5.82 Å². The predicted octanol–water partition coefficient (Wildman–Crippen LogP) is 3.95. The summed E-state index contributed by atoms with van der Waals surface area (Å²) < 4.78 is 27.0. The molecule has 1 fully saturated rings. The third kappa shape index (κ3) is 4.40. The highest BCUT2D eigenvalue weighted by Crippen LogP contribution is 2.25. The molecule has 2 aromatic carbocycles. The van der Waals surface area contributed by atoms with Gasteiger partial charge in [0, 0.05) is 35.8 Å². The van der Waals surface area contributed by atoms with Crippen LogP contribution in [0, 0.1) is 11.6 Å². The summed E-state index contributed by atoms with van der Waals surface area (Å²) in [5, 5.41) is 10.5. The van der Waals surface area contributed by atoms with Crippen LogP contribution >= 0.6 is 11.6 Å². The summed E-state index contributed by atoms with van der Waals surface area (Å²) >= 11 is 5.99. The Hall–Kier alpha value is -2.93. The SMILES string of the molecule is O=C(Cc1c(F)cccc1Cl)N[C@@H]1CCN(c2cc(-c3ccc(F)cc3)[nH]n2)C1. The Morgan fingerprint density at radius 2 is 2.03 bits per heavy atom. The molecule has 150 valence electrons. The van der Waals surface area contributed by atoms with Gasteiger partial charge in [-0.2, -0.15) is 5.10 Å². The number of nitrogens with zero attached hydrogens (tertiary/aromatic N) is 2. The van der Waals surface area contributed by atoms with Crippen LogP contribution in [-0.2, 0) is 11.2 Å². The van der Waals surface area contributed by atoms with Crippen molar-refractivity contribution in [3.63, 3.8) is 0 Å². The van der Waals surface area contributed by atoms with Crippen LogP contribution in [-0.4, -0.2) is 35.2 Å². The third-order valence-corrected chi connectivity index (χ3v) is 5.35. The van der Waals surface area contributed by atoms with Gasteiger partial charge in [-0.25, -0.2) is 8.78 Å². The van der Waals surface area contributed by atoms with Gasteiger partial charge in [-0.3, -0.25) is 9.89 Å². The zero-order chi connectivity index (χ0) is 20.4. The van der Waals surface area contributed by atoms with Crippen LogP contribution in [0.25, 0.3) is 11.3 Å². The maximum atomic E-state index is 13.9. The van der Waals surface area contributed by atoms with Gasteiger partial charge in [0.25, 0.3) is 0 Å². The molecule has 29 heavy (non-hydrogen) atoms. The number of H-pyrrole nitrogens is 1. The molecule has 2 heterocycles. The van der Waals surface area contributed by atoms with Crippen LogP contribution in [0.15, 0.2) is 48.5 Å². The van der Waals surface area contributed by atoms with Crippen LogP contribution in [0.2, 0.25) is 5.02 Å². The fourth-order valence-electron chi connectivity index (χ4n) is 3.48. The number of carbonyl (C=O) groups excluding carboxylic acids is 1. The fourth-order valence-corrected chi connectivity index (χ4v) is 3.71. The summed E-state index contributed by atoms with van der Waals surface area (Å²) in [7, 11) is 0. The van der Waals surface area contributed by atoms with E-state index in [0.717, 1.165) is 30.0 Å². The van der Waals surface area contributed by atoms with Crippen molar-refractivity contribution in [1.82, 2.24) is 15.5 Å². The molecule has 3 aromatic rings. The monoisotopic (exact) mass is 416 g/mol. The average molecular weight is 417 g/mol. The first kappa shape index (κ1) is 19.4. The number of carbonyl (C=O) groups is 1. The van der Waals surface area contributed by atoms with Crippen LogP contribution in [0.4, 0.5) is 14.6 Å². The molecule has 0 bridgehead atoms. The predicted molar refractivity (Wildman–Crippen MR) is 108 cm³/mol. The van der Waals surface area contributed by atoms with Gasteiger partial charge >= 0.3 is 0 Å². The van der Waals surface area contributed by atoms with E-state index in [1.807, 2.05) is 6.07 Å². The lowest BCUT2D eigenvalue weighted by Crippen LogP contribution is -2.38. The Morgan fingerprint density at radius 1 is 1.24 bits per heavy atom. The minimum absolute atomic E-state index is 0.0565. The van der Waals surface area contributed by atoms with Crippen LogP contribution in [0.1, 0.15) is 12.0 Å². The second kappa shape index (κ2) is 8.21. The van der Waals surface area contributed by atoms with Crippen molar-refractivity contribution in [1.29, 1.82) is 0 Å². The quantitative estimate of drug-likeness (QED) is 0.662. The second-order valence-electron chi connectivity index (χ2n) is 7.02. The number of nitrogens with one attached hydrogen (secondary N) is 2. The molecule has 0 radical (unpaired) electrons. The largest absolute Gasteiger partial charge is 0.353 e. The molecular formula is C21H19ClF2N4O. The normalized spacial score (nSPS) is 16.2. The molecule has 1 aliphatic heterocycles. The van der Waals surface area contributed by atoms with Crippen molar-refractivity contribution in [2.75, 3.05) is 18.0 Å². The highest BCUT2D eigenvalue weighted by molar-refractivity contribution is 6.31. The zero-order valence-corrected chi connectivity index (χ0v) is 16.2. The van der Waals surface area contributed by atoms with Gasteiger partial charge in [-0.1, -0.05) is 17.7 Å². The van der Waals surface area contributed by atoms with Gasteiger partial charge in [0.2, 0.25) is 5.91 Å². The van der Waals surface area contributed by atoms with Gasteiger partial charge < -0.3 is 10.2 Å². The summed E-state index contributed by atoms with van der Waals surface area (Å²) in [6, 6.07) is 12.4. The number of anilines is 1. The topological polar surface area (TPSA) is 61.0 Å². The fraction of sp³-hybridized carbons (Fsp3) is 0.238. The van der Waals surface area contributed by atoms with E-state index in [0.29, 0.717) is 6.54 Å². The number of rotatable bonds is 5. The van der Waals surface area contributed by atoms with Crippen molar-refractivity contribution >= 4 is 23.3 Å². The summed E-state index contributed by atoms with van der Waals surface area (Å²) in [6.07, 6.45) is 0.661. The Morgan fingerprint density at radius 3 is 2.79 bits per heavy atom. The van der Waals surface area contributed by atoms with Crippen LogP contribution in [0.5, 0.6) is 0 Å². The van der Waals surface area contributed by atoms with E-state index in [2.05, 4.69) is 20.4 Å². The Bertz CT molecular complexity index is 1000. The van der Waals surface area contributed by atoms with E-state index in [9.17, 15) is 13.6 Å². The van der Waals surface area contributed by atoms with Crippen molar-refractivity contribution in [2.24, 2.45) is 0 Å². The standard InChI is InChI=1S/C21H19ClF2N4O/c22-17-2-1-3-18(24)16(17)10-21(29)25-15-8-9-28(12-15)20-11-19(26-27-20)13-4-6-14(23)7-5-13/h1-7,11,15H,8-10,12H2,(H,25,29)(H,26,27)/t15-/m1/s1. The Labute approximate surface area is 171 Å². The molecule has 1 saturated heterocycles. The summed E-state index contributed by atoms with van der Waals surface area (Å²) in [5.41, 5.74) is 1.84. The first-order valence-corrected chi connectivity index (χ1v) is 9.66. The number of aromatic nitrogens is 2. The molecule has 1 atom stereocenters. The molecular weight excluding hydrogens is 398 g/mol. The lowest BCUT2D eigenvalue weighted by molar-refractivity contribution is -0.121. The molecule has 1 amide bonds. The second-order valence-corrected chi connectivity index (χ2v) is 7.43. The summed E-state index contributed by atoms with van der Waals surface area (Å²) in [6.45, 7) is 1.34. The smallest absolute Gasteiger partial charge is 0.224 e. The molecule has 1 aliphatic rings. The first-order valence-electron chi connectivity index (χ1n) is 9.28. The molecule has 0 saturated carbocycles. The number of hydrogen-bond acceptors (Lipinski definition) is 3. The lowest BCUT2D eigenvalue weighted by atomic mass is 10.1. The molecule has 2 N–H and O–H groups in total.